The van der Waals surface area contributed by atoms with E-state index in [0.717, 1.165) is 12.5 Å². The van der Waals surface area contributed by atoms with Crippen molar-refractivity contribution in [1.82, 2.24) is 9.19 Å². The molecule has 0 saturated carbocycles. The van der Waals surface area contributed by atoms with Gasteiger partial charge in [0.25, 0.3) is 10.0 Å². The number of allylic oxidation sites excluding steroid dienone is 4. The average Bonchev–Trinajstić information content (AvgIpc) is 2.74. The van der Waals surface area contributed by atoms with Crippen LogP contribution in [-0.2, 0) is 10.0 Å². The zero-order valence-electron chi connectivity index (χ0n) is 9.95. The molecule has 0 aromatic carbocycles. The lowest BCUT2D eigenvalue weighted by Gasteiger charge is -2.08. The number of carbonyl (C=O) groups is 1. The third-order valence-corrected chi connectivity index (χ3v) is 3.46. The first-order chi connectivity index (χ1) is 8.79. The molecule has 0 spiro atoms. The maximum Gasteiger partial charge on any atom is 0.357 e. The van der Waals surface area contributed by atoms with Crippen molar-refractivity contribution >= 4 is 21.6 Å². The molecular weight excluding hydrogens is 275 g/mol. The van der Waals surface area contributed by atoms with Crippen molar-refractivity contribution < 1.29 is 22.7 Å². The molecular formula is C11H11FN2O4S. The van der Waals surface area contributed by atoms with Gasteiger partial charge in [-0.3, -0.25) is 0 Å². The summed E-state index contributed by atoms with van der Waals surface area (Å²) in [5, 5.41) is 12.6. The summed E-state index contributed by atoms with van der Waals surface area (Å²) in [4.78, 5) is 11.1. The Morgan fingerprint density at radius 1 is 1.58 bits per heavy atom. The van der Waals surface area contributed by atoms with Crippen molar-refractivity contribution in [2.75, 3.05) is 6.26 Å². The second-order valence-electron chi connectivity index (χ2n) is 4.10. The average molecular weight is 286 g/mol. The van der Waals surface area contributed by atoms with Gasteiger partial charge in [-0.1, -0.05) is 12.2 Å². The number of aromatic carboxylic acids is 1. The highest BCUT2D eigenvalue weighted by atomic mass is 32.2. The predicted molar refractivity (Wildman–Crippen MR) is 66.1 cm³/mol. The molecule has 0 aliphatic heterocycles. The van der Waals surface area contributed by atoms with Crippen molar-refractivity contribution in [2.45, 2.75) is 12.6 Å². The molecule has 19 heavy (non-hydrogen) atoms. The number of rotatable bonds is 3. The number of hydrogen-bond acceptors (Lipinski definition) is 4. The van der Waals surface area contributed by atoms with Crippen molar-refractivity contribution in [1.29, 1.82) is 0 Å². The molecule has 0 radical (unpaired) electrons. The lowest BCUT2D eigenvalue weighted by Crippen LogP contribution is -2.11. The maximum absolute atomic E-state index is 13.0. The summed E-state index contributed by atoms with van der Waals surface area (Å²) in [6, 6.07) is 0. The van der Waals surface area contributed by atoms with Crippen LogP contribution in [-0.4, -0.2) is 41.1 Å². The fourth-order valence-corrected chi connectivity index (χ4v) is 2.21. The van der Waals surface area contributed by atoms with Gasteiger partial charge in [-0.15, -0.1) is 0 Å². The van der Waals surface area contributed by atoms with E-state index in [2.05, 4.69) is 5.10 Å². The van der Waals surface area contributed by atoms with Crippen LogP contribution < -0.4 is 0 Å². The Labute approximate surface area is 108 Å². The summed E-state index contributed by atoms with van der Waals surface area (Å²) < 4.78 is 36.3. The van der Waals surface area contributed by atoms with Gasteiger partial charge in [0.1, 0.15) is 6.17 Å². The van der Waals surface area contributed by atoms with Crippen LogP contribution in [0.1, 0.15) is 22.5 Å². The van der Waals surface area contributed by atoms with E-state index in [-0.39, 0.29) is 17.7 Å². The summed E-state index contributed by atoms with van der Waals surface area (Å²) >= 11 is 0. The molecule has 1 atom stereocenters. The van der Waals surface area contributed by atoms with Gasteiger partial charge in [-0.05, 0) is 11.6 Å². The lowest BCUT2D eigenvalue weighted by molar-refractivity contribution is 0.0690. The van der Waals surface area contributed by atoms with Gasteiger partial charge in [0, 0.05) is 12.0 Å². The van der Waals surface area contributed by atoms with Crippen molar-refractivity contribution in [3.63, 3.8) is 0 Å². The molecule has 8 heteroatoms. The molecule has 0 amide bonds. The number of carboxylic acid groups (broad SMARTS) is 1. The number of carboxylic acids is 1. The van der Waals surface area contributed by atoms with Gasteiger partial charge in [0.2, 0.25) is 0 Å². The smallest absolute Gasteiger partial charge is 0.357 e. The van der Waals surface area contributed by atoms with Crippen LogP contribution in [0.25, 0.3) is 5.57 Å². The van der Waals surface area contributed by atoms with E-state index < -0.39 is 22.2 Å². The molecule has 1 aromatic rings. The molecule has 1 heterocycles. The van der Waals surface area contributed by atoms with Crippen molar-refractivity contribution in [3.05, 3.63) is 35.7 Å². The van der Waals surface area contributed by atoms with Crippen LogP contribution in [0.5, 0.6) is 0 Å². The Hall–Kier alpha value is -1.96. The highest BCUT2D eigenvalue weighted by Crippen LogP contribution is 2.25. The van der Waals surface area contributed by atoms with Crippen LogP contribution in [0.15, 0.2) is 24.4 Å². The summed E-state index contributed by atoms with van der Waals surface area (Å²) in [6.45, 7) is 0. The summed E-state index contributed by atoms with van der Waals surface area (Å²) in [5.41, 5.74) is 0.223. The normalized spacial score (nSPS) is 19.3. The van der Waals surface area contributed by atoms with E-state index in [4.69, 9.17) is 5.11 Å². The predicted octanol–water partition coefficient (Wildman–Crippen LogP) is 1.07. The van der Waals surface area contributed by atoms with Crippen LogP contribution in [0.2, 0.25) is 0 Å². The first-order valence-corrected chi connectivity index (χ1v) is 7.20. The molecule has 0 fully saturated rings. The van der Waals surface area contributed by atoms with E-state index in [1.54, 1.807) is 0 Å². The third-order valence-electron chi connectivity index (χ3n) is 2.59. The first kappa shape index (κ1) is 13.5. The third kappa shape index (κ3) is 2.73. The Morgan fingerprint density at radius 3 is 2.74 bits per heavy atom. The molecule has 102 valence electrons. The topological polar surface area (TPSA) is 89.3 Å². The molecule has 1 aromatic heterocycles. The Kier molecular flexibility index (Phi) is 3.27. The Balaban J connectivity index is 2.54. The molecule has 0 saturated heterocycles. The van der Waals surface area contributed by atoms with E-state index >= 15 is 0 Å². The minimum atomic E-state index is -3.67. The van der Waals surface area contributed by atoms with Gasteiger partial charge in [-0.2, -0.15) is 9.19 Å². The minimum absolute atomic E-state index is 0.120. The fraction of sp³-hybridized carbons (Fsp3) is 0.273. The minimum Gasteiger partial charge on any atom is -0.476 e. The van der Waals surface area contributed by atoms with Crippen molar-refractivity contribution in [2.24, 2.45) is 0 Å². The van der Waals surface area contributed by atoms with Crippen molar-refractivity contribution in [3.8, 4) is 0 Å². The van der Waals surface area contributed by atoms with E-state index in [9.17, 15) is 17.6 Å². The summed E-state index contributed by atoms with van der Waals surface area (Å²) in [6.07, 6.45) is 5.27. The number of hydrogen-bond donors (Lipinski definition) is 1. The van der Waals surface area contributed by atoms with E-state index in [1.165, 1.54) is 18.2 Å². The molecule has 1 N–H and O–H groups in total. The number of nitrogens with zero attached hydrogens (tertiary/aromatic N) is 2. The molecule has 1 unspecified atom stereocenters. The number of alkyl halides is 1. The quantitative estimate of drug-likeness (QED) is 0.897. The molecule has 1 aliphatic carbocycles. The van der Waals surface area contributed by atoms with Gasteiger partial charge >= 0.3 is 5.97 Å². The molecule has 2 rings (SSSR count). The fourth-order valence-electron chi connectivity index (χ4n) is 1.69. The largest absolute Gasteiger partial charge is 0.476 e. The summed E-state index contributed by atoms with van der Waals surface area (Å²) in [5.74, 6) is -1.34. The lowest BCUT2D eigenvalue weighted by atomic mass is 9.99. The Bertz CT molecular complexity index is 688. The zero-order chi connectivity index (χ0) is 14.2. The maximum atomic E-state index is 13.0. The van der Waals surface area contributed by atoms with Crippen LogP contribution in [0.3, 0.4) is 0 Å². The van der Waals surface area contributed by atoms with Gasteiger partial charge < -0.3 is 5.11 Å². The second-order valence-corrected chi connectivity index (χ2v) is 5.94. The van der Waals surface area contributed by atoms with E-state index in [1.807, 2.05) is 0 Å². The van der Waals surface area contributed by atoms with Crippen LogP contribution in [0.4, 0.5) is 4.39 Å². The Morgan fingerprint density at radius 2 is 2.26 bits per heavy atom. The van der Waals surface area contributed by atoms with Crippen LogP contribution >= 0.6 is 0 Å². The monoisotopic (exact) mass is 286 g/mol. The second kappa shape index (κ2) is 4.61. The molecule has 6 nitrogen and oxygen atoms in total. The highest BCUT2D eigenvalue weighted by molar-refractivity contribution is 7.89. The summed E-state index contributed by atoms with van der Waals surface area (Å²) in [7, 11) is -3.67. The van der Waals surface area contributed by atoms with Crippen LogP contribution in [0, 0.1) is 0 Å². The zero-order valence-corrected chi connectivity index (χ0v) is 10.8. The van der Waals surface area contributed by atoms with E-state index in [0.29, 0.717) is 9.66 Å². The number of halogens is 1. The molecule has 1 aliphatic rings. The van der Waals surface area contributed by atoms with Gasteiger partial charge in [0.05, 0.1) is 12.5 Å². The SMILES string of the molecule is CS(=O)(=O)n1cc(C2=CCC(F)C=C2)c(C(=O)O)n1. The highest BCUT2D eigenvalue weighted by Gasteiger charge is 2.22. The standard InChI is InChI=1S/C11H11FN2O4S/c1-19(17,18)14-6-9(10(13-14)11(15)16)7-2-4-8(12)5-3-7/h2-4,6,8H,5H2,1H3,(H,15,16). The number of aromatic nitrogens is 2. The van der Waals surface area contributed by atoms with Gasteiger partial charge in [0.15, 0.2) is 5.69 Å². The molecule has 0 bridgehead atoms. The first-order valence-electron chi connectivity index (χ1n) is 5.35. The van der Waals surface area contributed by atoms with Gasteiger partial charge in [-0.25, -0.2) is 17.6 Å².